The highest BCUT2D eigenvalue weighted by molar-refractivity contribution is 5.81. The van der Waals surface area contributed by atoms with E-state index in [4.69, 9.17) is 4.74 Å². The number of pyridine rings is 1. The van der Waals surface area contributed by atoms with Gasteiger partial charge in [0.1, 0.15) is 23.2 Å². The van der Waals surface area contributed by atoms with Gasteiger partial charge >= 0.3 is 6.18 Å². The van der Waals surface area contributed by atoms with Crippen molar-refractivity contribution in [3.63, 3.8) is 0 Å². The van der Waals surface area contributed by atoms with Crippen LogP contribution in [0.5, 0.6) is 5.88 Å². The van der Waals surface area contributed by atoms with E-state index < -0.39 is 23.8 Å². The second-order valence-corrected chi connectivity index (χ2v) is 5.33. The molecule has 0 spiro atoms. The summed E-state index contributed by atoms with van der Waals surface area (Å²) in [5.74, 6) is -0.860. The van der Waals surface area contributed by atoms with E-state index in [2.05, 4.69) is 10.3 Å². The molecule has 0 radical (unpaired) electrons. The lowest BCUT2D eigenvalue weighted by molar-refractivity contribution is -0.180. The molecule has 1 atom stereocenters. The summed E-state index contributed by atoms with van der Waals surface area (Å²) in [7, 11) is 1.28. The third-order valence-electron chi connectivity index (χ3n) is 4.14. The molecule has 4 nitrogen and oxygen atoms in total. The third kappa shape index (κ3) is 2.13. The molecule has 1 aliphatic rings. The predicted molar refractivity (Wildman–Crippen MR) is 78.0 cm³/mol. The lowest BCUT2D eigenvalue weighted by atomic mass is 9.69. The molecule has 2 heterocycles. The zero-order valence-corrected chi connectivity index (χ0v) is 12.4. The quantitative estimate of drug-likeness (QED) is 0.683. The maximum absolute atomic E-state index is 14.1. The van der Waals surface area contributed by atoms with E-state index in [1.165, 1.54) is 13.2 Å². The molecule has 1 aliphatic heterocycles. The lowest BCUT2D eigenvalue weighted by Crippen LogP contribution is -2.46. The van der Waals surface area contributed by atoms with Gasteiger partial charge in [-0.05, 0) is 29.8 Å². The molecule has 2 aromatic rings. The number of carbonyl (C=O) groups is 1. The van der Waals surface area contributed by atoms with Crippen molar-refractivity contribution in [1.82, 2.24) is 4.98 Å². The Hall–Kier alpha value is -2.64. The molecule has 24 heavy (non-hydrogen) atoms. The summed E-state index contributed by atoms with van der Waals surface area (Å²) in [6, 6.07) is 4.21. The Kier molecular flexibility index (Phi) is 3.70. The molecule has 0 aliphatic carbocycles. The van der Waals surface area contributed by atoms with Crippen LogP contribution in [0, 0.1) is 5.82 Å². The van der Waals surface area contributed by atoms with Gasteiger partial charge in [0, 0.05) is 23.9 Å². The van der Waals surface area contributed by atoms with Gasteiger partial charge < -0.3 is 14.8 Å². The number of methoxy groups -OCH3 is 1. The van der Waals surface area contributed by atoms with Crippen molar-refractivity contribution < 1.29 is 27.1 Å². The van der Waals surface area contributed by atoms with Gasteiger partial charge in [-0.3, -0.25) is 0 Å². The van der Waals surface area contributed by atoms with Crippen LogP contribution in [-0.2, 0) is 10.2 Å². The molecule has 8 heteroatoms. The van der Waals surface area contributed by atoms with Crippen LogP contribution in [0.15, 0.2) is 30.5 Å². The number of alkyl halides is 3. The van der Waals surface area contributed by atoms with Gasteiger partial charge in [0.2, 0.25) is 5.88 Å². The Balaban J connectivity index is 2.43. The fraction of sp³-hybridized carbons (Fsp3) is 0.250. The van der Waals surface area contributed by atoms with Gasteiger partial charge in [0.25, 0.3) is 0 Å². The van der Waals surface area contributed by atoms with Gasteiger partial charge in [-0.2, -0.15) is 13.2 Å². The minimum Gasteiger partial charge on any atom is -0.480 e. The molecule has 0 saturated carbocycles. The monoisotopic (exact) mass is 340 g/mol. The number of ether oxygens (including phenoxy) is 1. The highest BCUT2D eigenvalue weighted by atomic mass is 19.4. The Labute approximate surface area is 134 Å². The first-order valence-corrected chi connectivity index (χ1v) is 6.96. The summed E-state index contributed by atoms with van der Waals surface area (Å²) in [4.78, 5) is 15.0. The second kappa shape index (κ2) is 5.47. The number of fused-ring (bicyclic) bond motifs is 2. The Morgan fingerprint density at radius 1 is 1.29 bits per heavy atom. The van der Waals surface area contributed by atoms with Gasteiger partial charge in [-0.25, -0.2) is 9.37 Å². The Morgan fingerprint density at radius 2 is 2.04 bits per heavy atom. The van der Waals surface area contributed by atoms with Crippen molar-refractivity contribution in [2.24, 2.45) is 0 Å². The van der Waals surface area contributed by atoms with Crippen LogP contribution in [0.25, 0.3) is 0 Å². The van der Waals surface area contributed by atoms with Gasteiger partial charge in [-0.15, -0.1) is 0 Å². The van der Waals surface area contributed by atoms with E-state index >= 15 is 0 Å². The second-order valence-electron chi connectivity index (χ2n) is 5.33. The number of carbonyl (C=O) groups excluding carboxylic acids is 1. The number of benzene rings is 1. The van der Waals surface area contributed by atoms with Crippen LogP contribution in [0.4, 0.5) is 28.9 Å². The maximum Gasteiger partial charge on any atom is 0.402 e. The van der Waals surface area contributed by atoms with Crippen molar-refractivity contribution in [2.75, 3.05) is 12.4 Å². The normalized spacial score (nSPS) is 19.0. The summed E-state index contributed by atoms with van der Waals surface area (Å²) in [6.07, 6.45) is -4.37. The first-order chi connectivity index (χ1) is 11.3. The molecule has 3 rings (SSSR count). The van der Waals surface area contributed by atoms with Crippen molar-refractivity contribution >= 4 is 17.7 Å². The number of nitrogens with zero attached hydrogens (tertiary/aromatic N) is 1. The van der Waals surface area contributed by atoms with E-state index in [9.17, 15) is 22.4 Å². The maximum atomic E-state index is 14.1. The van der Waals surface area contributed by atoms with Crippen LogP contribution in [0.3, 0.4) is 0 Å². The van der Waals surface area contributed by atoms with Crippen molar-refractivity contribution in [2.45, 2.75) is 18.0 Å². The number of halogens is 4. The number of anilines is 2. The van der Waals surface area contributed by atoms with Gasteiger partial charge in [0.05, 0.1) is 7.11 Å². The molecule has 0 amide bonds. The number of aldehydes is 1. The average molecular weight is 340 g/mol. The predicted octanol–water partition coefficient (Wildman–Crippen LogP) is 3.72. The van der Waals surface area contributed by atoms with E-state index in [0.717, 1.165) is 24.4 Å². The molecular weight excluding hydrogens is 328 g/mol. The fourth-order valence-corrected chi connectivity index (χ4v) is 3.10. The highest BCUT2D eigenvalue weighted by Gasteiger charge is 2.60. The average Bonchev–Trinajstić information content (AvgIpc) is 2.53. The number of aromatic nitrogens is 1. The Bertz CT molecular complexity index is 807. The first-order valence-electron chi connectivity index (χ1n) is 6.96. The molecule has 126 valence electrons. The molecule has 1 unspecified atom stereocenters. The third-order valence-corrected chi connectivity index (χ3v) is 4.14. The zero-order chi connectivity index (χ0) is 17.5. The van der Waals surface area contributed by atoms with Crippen LogP contribution < -0.4 is 10.1 Å². The van der Waals surface area contributed by atoms with E-state index in [-0.39, 0.29) is 34.7 Å². The topological polar surface area (TPSA) is 51.2 Å². The standard InChI is InChI=1S/C16H12F4N2O2/c1-24-14-13-10(4-6-21-14)15(5-7-23,16(18,19)20)11-8-9(17)2-3-12(11)22-13/h2-4,6-8,22H,5H2,1H3. The molecular formula is C16H12F4N2O2. The van der Waals surface area contributed by atoms with Crippen LogP contribution >= 0.6 is 0 Å². The molecule has 1 aromatic carbocycles. The molecule has 1 N–H and O–H groups in total. The van der Waals surface area contributed by atoms with E-state index in [1.807, 2.05) is 0 Å². The van der Waals surface area contributed by atoms with Gasteiger partial charge in [-0.1, -0.05) is 0 Å². The summed E-state index contributed by atoms with van der Waals surface area (Å²) in [5.41, 5.74) is -3.19. The minimum absolute atomic E-state index is 0.0123. The van der Waals surface area contributed by atoms with Crippen molar-refractivity contribution in [1.29, 1.82) is 0 Å². The number of hydrogen-bond donors (Lipinski definition) is 1. The highest BCUT2D eigenvalue weighted by Crippen LogP contribution is 2.57. The molecule has 1 aromatic heterocycles. The largest absolute Gasteiger partial charge is 0.480 e. The van der Waals surface area contributed by atoms with Gasteiger partial charge in [0.15, 0.2) is 0 Å². The number of nitrogens with one attached hydrogen (secondary N) is 1. The summed E-state index contributed by atoms with van der Waals surface area (Å²) in [5, 5.41) is 2.80. The summed E-state index contributed by atoms with van der Waals surface area (Å²) < 4.78 is 61.1. The van der Waals surface area contributed by atoms with Crippen LogP contribution in [0.1, 0.15) is 17.5 Å². The van der Waals surface area contributed by atoms with Crippen molar-refractivity contribution in [3.8, 4) is 5.88 Å². The minimum atomic E-state index is -4.83. The smallest absolute Gasteiger partial charge is 0.402 e. The van der Waals surface area contributed by atoms with E-state index in [1.54, 1.807) is 0 Å². The molecule has 0 fully saturated rings. The number of hydrogen-bond acceptors (Lipinski definition) is 4. The van der Waals surface area contributed by atoms with E-state index in [0.29, 0.717) is 0 Å². The first kappa shape index (κ1) is 16.2. The van der Waals surface area contributed by atoms with Crippen LogP contribution in [-0.4, -0.2) is 24.6 Å². The fourth-order valence-electron chi connectivity index (χ4n) is 3.10. The molecule has 0 bridgehead atoms. The summed E-state index contributed by atoms with van der Waals surface area (Å²) >= 11 is 0. The molecule has 0 saturated heterocycles. The zero-order valence-electron chi connectivity index (χ0n) is 12.4. The summed E-state index contributed by atoms with van der Waals surface area (Å²) in [6.45, 7) is 0. The Morgan fingerprint density at radius 3 is 2.67 bits per heavy atom. The van der Waals surface area contributed by atoms with Crippen LogP contribution in [0.2, 0.25) is 0 Å². The SMILES string of the molecule is COc1nccc2c1Nc1ccc(F)cc1C2(CC=O)C(F)(F)F. The number of rotatable bonds is 3. The van der Waals surface area contributed by atoms with Crippen molar-refractivity contribution in [3.05, 3.63) is 47.4 Å². The lowest BCUT2D eigenvalue weighted by Gasteiger charge is -2.41.